The van der Waals surface area contributed by atoms with Gasteiger partial charge in [0.25, 0.3) is 0 Å². The fraction of sp³-hybridized carbons (Fsp3) is 0.294. The molecule has 20 heavy (non-hydrogen) atoms. The zero-order valence-electron chi connectivity index (χ0n) is 11.7. The van der Waals surface area contributed by atoms with Crippen LogP contribution in [0, 0.1) is 5.82 Å². The summed E-state index contributed by atoms with van der Waals surface area (Å²) in [5.41, 5.74) is 2.16. The maximum Gasteiger partial charge on any atom is 0.137 e. The topological polar surface area (TPSA) is 12.5 Å². The molecule has 0 saturated carbocycles. The third kappa shape index (κ3) is 2.35. The molecule has 2 nitrogen and oxygen atoms in total. The normalized spacial score (nSPS) is 26.9. The molecule has 3 atom stereocenters. The summed E-state index contributed by atoms with van der Waals surface area (Å²) >= 11 is 0. The Labute approximate surface area is 118 Å². The molecule has 2 aromatic carbocycles. The number of likely N-dealkylation sites (N-methyl/N-ethyl adjacent to an activating group) is 1. The Balaban J connectivity index is 1.87. The van der Waals surface area contributed by atoms with Crippen molar-refractivity contribution in [3.05, 3.63) is 71.5 Å². The van der Waals surface area contributed by atoms with Crippen LogP contribution < -0.4 is 0 Å². The Hall–Kier alpha value is -1.71. The van der Waals surface area contributed by atoms with Gasteiger partial charge in [0.2, 0.25) is 0 Å². The van der Waals surface area contributed by atoms with Crippen molar-refractivity contribution in [3.8, 4) is 0 Å². The van der Waals surface area contributed by atoms with Crippen LogP contribution in [0.15, 0.2) is 54.6 Å². The zero-order chi connectivity index (χ0) is 14.1. The smallest absolute Gasteiger partial charge is 0.137 e. The van der Waals surface area contributed by atoms with Gasteiger partial charge in [-0.25, -0.2) is 4.39 Å². The Bertz CT molecular complexity index is 569. The van der Waals surface area contributed by atoms with Gasteiger partial charge in [-0.05, 0) is 37.2 Å². The Morgan fingerprint density at radius 3 is 2.25 bits per heavy atom. The van der Waals surface area contributed by atoms with Gasteiger partial charge in [0.15, 0.2) is 0 Å². The van der Waals surface area contributed by atoms with E-state index >= 15 is 0 Å². The molecule has 0 N–H and O–H groups in total. The minimum absolute atomic E-state index is 0.0382. The zero-order valence-corrected chi connectivity index (χ0v) is 11.7. The summed E-state index contributed by atoms with van der Waals surface area (Å²) in [6.07, 6.45) is -0.0907. The molecule has 0 radical (unpaired) electrons. The molecule has 2 aromatic rings. The SMILES string of the molecule is C[C@H]1[C@@H](c2ccccc2)OC(c2ccc(F)cc2)N1C. The molecule has 1 fully saturated rings. The molecule has 0 amide bonds. The monoisotopic (exact) mass is 271 g/mol. The maximum absolute atomic E-state index is 13.0. The first-order chi connectivity index (χ1) is 9.66. The lowest BCUT2D eigenvalue weighted by Gasteiger charge is -2.21. The second-order valence-corrected chi connectivity index (χ2v) is 5.28. The first-order valence-electron chi connectivity index (χ1n) is 6.84. The molecule has 1 heterocycles. The summed E-state index contributed by atoms with van der Waals surface area (Å²) in [4.78, 5) is 2.19. The predicted molar refractivity (Wildman–Crippen MR) is 76.6 cm³/mol. The van der Waals surface area contributed by atoms with Gasteiger partial charge in [0, 0.05) is 6.04 Å². The van der Waals surface area contributed by atoms with E-state index < -0.39 is 0 Å². The minimum atomic E-state index is -0.220. The van der Waals surface area contributed by atoms with Crippen LogP contribution in [-0.2, 0) is 4.74 Å². The Kier molecular flexibility index (Phi) is 3.55. The van der Waals surface area contributed by atoms with Gasteiger partial charge in [-0.15, -0.1) is 0 Å². The quantitative estimate of drug-likeness (QED) is 0.821. The molecule has 1 aliphatic rings. The van der Waals surface area contributed by atoms with Crippen LogP contribution in [0.4, 0.5) is 4.39 Å². The molecule has 1 unspecified atom stereocenters. The van der Waals surface area contributed by atoms with E-state index in [1.807, 2.05) is 25.2 Å². The number of halogens is 1. The summed E-state index contributed by atoms with van der Waals surface area (Å²) in [6.45, 7) is 2.15. The van der Waals surface area contributed by atoms with Crippen LogP contribution in [0.5, 0.6) is 0 Å². The first kappa shape index (κ1) is 13.3. The Morgan fingerprint density at radius 1 is 0.950 bits per heavy atom. The van der Waals surface area contributed by atoms with E-state index in [9.17, 15) is 4.39 Å². The Morgan fingerprint density at radius 2 is 1.60 bits per heavy atom. The first-order valence-corrected chi connectivity index (χ1v) is 6.84. The molecule has 3 heteroatoms. The highest BCUT2D eigenvalue weighted by atomic mass is 19.1. The highest BCUT2D eigenvalue weighted by molar-refractivity contribution is 5.24. The second kappa shape index (κ2) is 5.35. The lowest BCUT2D eigenvalue weighted by atomic mass is 10.0. The van der Waals surface area contributed by atoms with Crippen molar-refractivity contribution in [1.29, 1.82) is 0 Å². The van der Waals surface area contributed by atoms with Crippen molar-refractivity contribution in [2.75, 3.05) is 7.05 Å². The van der Waals surface area contributed by atoms with E-state index in [-0.39, 0.29) is 24.2 Å². The van der Waals surface area contributed by atoms with Crippen molar-refractivity contribution in [3.63, 3.8) is 0 Å². The summed E-state index contributed by atoms with van der Waals surface area (Å²) in [6, 6.07) is 17.0. The lowest BCUT2D eigenvalue weighted by molar-refractivity contribution is 0.00556. The van der Waals surface area contributed by atoms with Crippen LogP contribution in [0.3, 0.4) is 0 Å². The minimum Gasteiger partial charge on any atom is -0.349 e. The van der Waals surface area contributed by atoms with Crippen molar-refractivity contribution < 1.29 is 9.13 Å². The van der Waals surface area contributed by atoms with E-state index in [0.29, 0.717) is 0 Å². The standard InChI is InChI=1S/C17H18FNO/c1-12-16(13-6-4-3-5-7-13)20-17(19(12)2)14-8-10-15(18)11-9-14/h3-12,16-17H,1-2H3/t12-,16-,17?/m0/s1. The van der Waals surface area contributed by atoms with Crippen molar-refractivity contribution >= 4 is 0 Å². The van der Waals surface area contributed by atoms with Crippen molar-refractivity contribution in [2.45, 2.75) is 25.3 Å². The van der Waals surface area contributed by atoms with Crippen LogP contribution in [-0.4, -0.2) is 18.0 Å². The van der Waals surface area contributed by atoms with Gasteiger partial charge in [0.05, 0.1) is 0 Å². The van der Waals surface area contributed by atoms with Gasteiger partial charge < -0.3 is 4.74 Å². The van der Waals surface area contributed by atoms with E-state index in [1.165, 1.54) is 17.7 Å². The summed E-state index contributed by atoms with van der Waals surface area (Å²) in [5, 5.41) is 0. The molecule has 0 aromatic heterocycles. The molecule has 0 aliphatic carbocycles. The molecular weight excluding hydrogens is 253 g/mol. The second-order valence-electron chi connectivity index (χ2n) is 5.28. The van der Waals surface area contributed by atoms with Crippen molar-refractivity contribution in [1.82, 2.24) is 4.90 Å². The summed E-state index contributed by atoms with van der Waals surface area (Å²) in [7, 11) is 2.04. The third-order valence-corrected chi connectivity index (χ3v) is 4.01. The number of nitrogens with zero attached hydrogens (tertiary/aromatic N) is 1. The largest absolute Gasteiger partial charge is 0.349 e. The molecular formula is C17H18FNO. The van der Waals surface area contributed by atoms with E-state index in [2.05, 4.69) is 24.0 Å². The summed E-state index contributed by atoms with van der Waals surface area (Å²) < 4.78 is 19.2. The average molecular weight is 271 g/mol. The van der Waals surface area contributed by atoms with Crippen molar-refractivity contribution in [2.24, 2.45) is 0 Å². The van der Waals surface area contributed by atoms with Gasteiger partial charge in [-0.2, -0.15) is 0 Å². The average Bonchev–Trinajstić information content (AvgIpc) is 2.77. The van der Waals surface area contributed by atoms with Crippen LogP contribution in [0.25, 0.3) is 0 Å². The third-order valence-electron chi connectivity index (χ3n) is 4.01. The number of hydrogen-bond acceptors (Lipinski definition) is 2. The molecule has 104 valence electrons. The van der Waals surface area contributed by atoms with Gasteiger partial charge >= 0.3 is 0 Å². The molecule has 0 spiro atoms. The van der Waals surface area contributed by atoms with E-state index in [4.69, 9.17) is 4.74 Å². The van der Waals surface area contributed by atoms with Gasteiger partial charge in [-0.1, -0.05) is 42.5 Å². The number of ether oxygens (including phenoxy) is 1. The number of benzene rings is 2. The van der Waals surface area contributed by atoms with E-state index in [0.717, 1.165) is 5.56 Å². The molecule has 0 bridgehead atoms. The fourth-order valence-electron chi connectivity index (χ4n) is 2.72. The van der Waals surface area contributed by atoms with Crippen LogP contribution in [0.1, 0.15) is 30.4 Å². The lowest BCUT2D eigenvalue weighted by Crippen LogP contribution is -2.27. The fourth-order valence-corrected chi connectivity index (χ4v) is 2.72. The maximum atomic E-state index is 13.0. The van der Waals surface area contributed by atoms with Gasteiger partial charge in [0.1, 0.15) is 18.1 Å². The highest BCUT2D eigenvalue weighted by Crippen LogP contribution is 2.40. The number of rotatable bonds is 2. The molecule has 1 aliphatic heterocycles. The van der Waals surface area contributed by atoms with E-state index in [1.54, 1.807) is 12.1 Å². The molecule has 1 saturated heterocycles. The molecule has 3 rings (SSSR count). The van der Waals surface area contributed by atoms with Crippen LogP contribution in [0.2, 0.25) is 0 Å². The predicted octanol–water partition coefficient (Wildman–Crippen LogP) is 3.92. The highest BCUT2D eigenvalue weighted by Gasteiger charge is 2.38. The van der Waals surface area contributed by atoms with Crippen LogP contribution >= 0.6 is 0 Å². The number of hydrogen-bond donors (Lipinski definition) is 0. The summed E-state index contributed by atoms with van der Waals surface area (Å²) in [5.74, 6) is -0.220. The van der Waals surface area contributed by atoms with Gasteiger partial charge in [-0.3, -0.25) is 4.90 Å².